The van der Waals surface area contributed by atoms with Gasteiger partial charge in [-0.15, -0.1) is 0 Å². The Kier molecular flexibility index (Phi) is 5.11. The maximum atomic E-state index is 12.4. The van der Waals surface area contributed by atoms with Gasteiger partial charge >= 0.3 is 0 Å². The Bertz CT molecular complexity index is 828. The summed E-state index contributed by atoms with van der Waals surface area (Å²) in [6.07, 6.45) is 7.80. The van der Waals surface area contributed by atoms with Gasteiger partial charge in [-0.1, -0.05) is 31.0 Å². The molecule has 1 atom stereocenters. The zero-order chi connectivity index (χ0) is 18.0. The molecule has 0 bridgehead atoms. The van der Waals surface area contributed by atoms with Crippen LogP contribution in [0.3, 0.4) is 0 Å². The van der Waals surface area contributed by atoms with Crippen LogP contribution in [-0.4, -0.2) is 42.2 Å². The Morgan fingerprint density at radius 1 is 1.12 bits per heavy atom. The number of hydrogen-bond donors (Lipinski definition) is 1. The van der Waals surface area contributed by atoms with Crippen molar-refractivity contribution in [1.82, 2.24) is 19.4 Å². The summed E-state index contributed by atoms with van der Waals surface area (Å²) in [5.74, 6) is 0. The van der Waals surface area contributed by atoms with Crippen molar-refractivity contribution in [3.63, 3.8) is 0 Å². The fraction of sp³-hybridized carbons (Fsp3) is 0.526. The number of fused-ring (bicyclic) bond motifs is 1. The molecule has 0 amide bonds. The maximum Gasteiger partial charge on any atom is 0.240 e. The van der Waals surface area contributed by atoms with E-state index in [9.17, 15) is 8.42 Å². The van der Waals surface area contributed by atoms with E-state index in [-0.39, 0.29) is 6.04 Å². The third-order valence-corrected chi connectivity index (χ3v) is 7.05. The van der Waals surface area contributed by atoms with Gasteiger partial charge in [0.15, 0.2) is 0 Å². The minimum atomic E-state index is -3.45. The zero-order valence-corrected chi connectivity index (χ0v) is 15.7. The second-order valence-corrected chi connectivity index (χ2v) is 9.06. The first-order valence-electron chi connectivity index (χ1n) is 9.45. The van der Waals surface area contributed by atoms with Gasteiger partial charge in [-0.25, -0.2) is 13.1 Å². The van der Waals surface area contributed by atoms with Gasteiger partial charge in [0.25, 0.3) is 0 Å². The van der Waals surface area contributed by atoms with Crippen LogP contribution >= 0.6 is 0 Å². The molecular weight excluding hydrogens is 348 g/mol. The van der Waals surface area contributed by atoms with E-state index in [1.165, 1.54) is 31.4 Å². The molecule has 1 aliphatic heterocycles. The summed E-state index contributed by atoms with van der Waals surface area (Å²) in [5, 5.41) is 4.49. The minimum Gasteiger partial charge on any atom is -0.292 e. The molecule has 0 saturated heterocycles. The largest absolute Gasteiger partial charge is 0.292 e. The summed E-state index contributed by atoms with van der Waals surface area (Å²) in [4.78, 5) is 2.89. The molecule has 2 aromatic rings. The lowest BCUT2D eigenvalue weighted by Gasteiger charge is -2.37. The zero-order valence-electron chi connectivity index (χ0n) is 14.9. The lowest BCUT2D eigenvalue weighted by atomic mass is 10.1. The van der Waals surface area contributed by atoms with Crippen molar-refractivity contribution >= 4 is 10.0 Å². The minimum absolute atomic E-state index is 0.216. The first-order valence-corrected chi connectivity index (χ1v) is 10.9. The van der Waals surface area contributed by atoms with Gasteiger partial charge in [0, 0.05) is 31.9 Å². The number of aromatic nitrogens is 2. The number of nitrogens with one attached hydrogen (secondary N) is 1. The quantitative estimate of drug-likeness (QED) is 0.844. The molecule has 1 aromatic carbocycles. The van der Waals surface area contributed by atoms with Crippen LogP contribution in [0.4, 0.5) is 0 Å². The van der Waals surface area contributed by atoms with E-state index in [0.29, 0.717) is 17.5 Å². The highest BCUT2D eigenvalue weighted by molar-refractivity contribution is 7.89. The molecule has 2 heterocycles. The van der Waals surface area contributed by atoms with Crippen LogP contribution in [0.1, 0.15) is 43.8 Å². The monoisotopic (exact) mass is 374 g/mol. The predicted octanol–water partition coefficient (Wildman–Crippen LogP) is 2.55. The molecule has 7 heteroatoms. The fourth-order valence-corrected chi connectivity index (χ4v) is 5.29. The van der Waals surface area contributed by atoms with Gasteiger partial charge in [-0.3, -0.25) is 9.58 Å². The molecule has 1 aromatic heterocycles. The summed E-state index contributed by atoms with van der Waals surface area (Å²) < 4.78 is 29.6. The topological polar surface area (TPSA) is 67.2 Å². The number of rotatable bonds is 6. The van der Waals surface area contributed by atoms with E-state index in [0.717, 1.165) is 19.5 Å². The molecule has 26 heavy (non-hydrogen) atoms. The van der Waals surface area contributed by atoms with Crippen molar-refractivity contribution in [2.24, 2.45) is 0 Å². The Morgan fingerprint density at radius 3 is 2.65 bits per heavy atom. The summed E-state index contributed by atoms with van der Waals surface area (Å²) in [5.41, 5.74) is 1.24. The van der Waals surface area contributed by atoms with Gasteiger partial charge in [0.1, 0.15) is 0 Å². The highest BCUT2D eigenvalue weighted by atomic mass is 32.2. The van der Waals surface area contributed by atoms with E-state index in [1.54, 1.807) is 24.3 Å². The summed E-state index contributed by atoms with van der Waals surface area (Å²) >= 11 is 0. The summed E-state index contributed by atoms with van der Waals surface area (Å²) in [6.45, 7) is 2.32. The van der Waals surface area contributed by atoms with Crippen LogP contribution in [0, 0.1) is 0 Å². The first-order chi connectivity index (χ1) is 12.6. The van der Waals surface area contributed by atoms with Crippen molar-refractivity contribution in [3.8, 4) is 0 Å². The normalized spacial score (nSPS) is 21.8. The Hall–Kier alpha value is -1.70. The molecule has 2 aliphatic rings. The van der Waals surface area contributed by atoms with Crippen LogP contribution in [0.2, 0.25) is 0 Å². The molecule has 1 fully saturated rings. The smallest absolute Gasteiger partial charge is 0.240 e. The third-order valence-electron chi connectivity index (χ3n) is 5.57. The fourth-order valence-electron chi connectivity index (χ4n) is 4.22. The van der Waals surface area contributed by atoms with E-state index >= 15 is 0 Å². The Morgan fingerprint density at radius 2 is 1.88 bits per heavy atom. The van der Waals surface area contributed by atoms with Crippen molar-refractivity contribution in [3.05, 3.63) is 48.3 Å². The molecule has 1 N–H and O–H groups in total. The SMILES string of the molecule is O=S(=O)(NCC[C@@H]1CN(C2CCCC2)Cc2ccnn21)c1ccccc1. The Balaban J connectivity index is 1.41. The molecule has 1 aliphatic carbocycles. The highest BCUT2D eigenvalue weighted by Gasteiger charge is 2.31. The average Bonchev–Trinajstić information content (AvgIpc) is 3.34. The van der Waals surface area contributed by atoms with Crippen LogP contribution < -0.4 is 4.72 Å². The molecule has 0 spiro atoms. The van der Waals surface area contributed by atoms with Crippen molar-refractivity contribution in [2.75, 3.05) is 13.1 Å². The molecule has 0 unspecified atom stereocenters. The van der Waals surface area contributed by atoms with Crippen LogP contribution in [0.5, 0.6) is 0 Å². The second-order valence-electron chi connectivity index (χ2n) is 7.29. The van der Waals surface area contributed by atoms with Gasteiger partial charge in [-0.2, -0.15) is 5.10 Å². The van der Waals surface area contributed by atoms with E-state index in [2.05, 4.69) is 25.5 Å². The first kappa shape index (κ1) is 17.7. The Labute approximate surface area is 155 Å². The molecule has 1 saturated carbocycles. The van der Waals surface area contributed by atoms with Crippen LogP contribution in [0.15, 0.2) is 47.5 Å². The number of sulfonamides is 1. The van der Waals surface area contributed by atoms with E-state index in [4.69, 9.17) is 0 Å². The molecule has 4 rings (SSSR count). The van der Waals surface area contributed by atoms with Crippen molar-refractivity contribution in [1.29, 1.82) is 0 Å². The third kappa shape index (κ3) is 3.70. The van der Waals surface area contributed by atoms with Crippen molar-refractivity contribution < 1.29 is 8.42 Å². The lowest BCUT2D eigenvalue weighted by Crippen LogP contribution is -2.43. The standard InChI is InChI=1S/C19H26N4O2S/c24-26(25,19-8-2-1-3-9-19)21-13-11-18-15-22(16-6-4-5-7-16)14-17-10-12-20-23(17)18/h1-3,8-10,12,16,18,21H,4-7,11,13-15H2/t18-/m1/s1. The van der Waals surface area contributed by atoms with E-state index in [1.807, 2.05) is 12.3 Å². The maximum absolute atomic E-state index is 12.4. The summed E-state index contributed by atoms with van der Waals surface area (Å²) in [7, 11) is -3.45. The van der Waals surface area contributed by atoms with Crippen molar-refractivity contribution in [2.45, 2.75) is 55.6 Å². The number of benzene rings is 1. The molecule has 140 valence electrons. The number of nitrogens with zero attached hydrogens (tertiary/aromatic N) is 3. The van der Waals surface area contributed by atoms with Gasteiger partial charge < -0.3 is 0 Å². The molecule has 6 nitrogen and oxygen atoms in total. The highest BCUT2D eigenvalue weighted by Crippen LogP contribution is 2.30. The number of hydrogen-bond acceptors (Lipinski definition) is 4. The van der Waals surface area contributed by atoms with Gasteiger partial charge in [-0.05, 0) is 37.5 Å². The summed E-state index contributed by atoms with van der Waals surface area (Å²) in [6, 6.07) is 11.5. The van der Waals surface area contributed by atoms with Gasteiger partial charge in [0.05, 0.1) is 16.6 Å². The van der Waals surface area contributed by atoms with E-state index < -0.39 is 10.0 Å². The molecule has 0 radical (unpaired) electrons. The van der Waals surface area contributed by atoms with Crippen LogP contribution in [-0.2, 0) is 16.6 Å². The average molecular weight is 375 g/mol. The predicted molar refractivity (Wildman–Crippen MR) is 100 cm³/mol. The van der Waals surface area contributed by atoms with Crippen LogP contribution in [0.25, 0.3) is 0 Å². The van der Waals surface area contributed by atoms with Gasteiger partial charge in [0.2, 0.25) is 10.0 Å². The molecular formula is C19H26N4O2S. The second kappa shape index (κ2) is 7.50. The lowest BCUT2D eigenvalue weighted by molar-refractivity contribution is 0.120.